The maximum Gasteiger partial charge on any atom is 0.166 e. The highest BCUT2D eigenvalue weighted by atomic mass is 16.5. The maximum absolute atomic E-state index is 13.2. The lowest BCUT2D eigenvalue weighted by atomic mass is 9.48. The average Bonchev–Trinajstić information content (AvgIpc) is 3.67. The van der Waals surface area contributed by atoms with Crippen LogP contribution < -0.4 is 4.74 Å². The van der Waals surface area contributed by atoms with Gasteiger partial charge in [0.25, 0.3) is 0 Å². The number of ether oxygens (including phenoxy) is 1. The number of hydrogen-bond donors (Lipinski definition) is 2. The summed E-state index contributed by atoms with van der Waals surface area (Å²) in [4.78, 5) is 7.84. The average molecular weight is 503 g/mol. The second-order valence-corrected chi connectivity index (χ2v) is 12.2. The number of pyridine rings is 1. The molecule has 4 atom stereocenters. The number of phenolic OH excluding ortho intramolecular Hbond substituents is 1. The van der Waals surface area contributed by atoms with Crippen LogP contribution in [0.15, 0.2) is 66.7 Å². The standard InChI is InChI=1S/C33H30N2O3/c36-25-13-12-21-16-26-33(37)17-23-27(20-6-2-1-3-7-20)22-8-4-5-9-24(22)34-29(23)31-32(33,28(21)30(25)38-31)14-15-35(26)18-19-10-11-19/h1-9,12-13,19,26,31,36-37H,10-11,14-18H2/t26-,31-,32-,33+/m0/s1. The molecule has 0 radical (unpaired) electrons. The van der Waals surface area contributed by atoms with Gasteiger partial charge in [0.15, 0.2) is 17.6 Å². The zero-order valence-electron chi connectivity index (χ0n) is 21.2. The van der Waals surface area contributed by atoms with Crippen molar-refractivity contribution in [1.29, 1.82) is 0 Å². The molecule has 5 nitrogen and oxygen atoms in total. The number of aromatic hydroxyl groups is 1. The molecule has 2 bridgehead atoms. The van der Waals surface area contributed by atoms with Gasteiger partial charge in [-0.25, -0.2) is 4.98 Å². The van der Waals surface area contributed by atoms with Gasteiger partial charge in [-0.3, -0.25) is 4.90 Å². The van der Waals surface area contributed by atoms with Crippen molar-refractivity contribution < 1.29 is 14.9 Å². The third-order valence-corrected chi connectivity index (χ3v) is 10.3. The first-order valence-electron chi connectivity index (χ1n) is 14.0. The van der Waals surface area contributed by atoms with Crippen LogP contribution in [0.2, 0.25) is 0 Å². The number of para-hydroxylation sites is 1. The quantitative estimate of drug-likeness (QED) is 0.398. The van der Waals surface area contributed by atoms with Crippen molar-refractivity contribution >= 4 is 10.9 Å². The van der Waals surface area contributed by atoms with Gasteiger partial charge < -0.3 is 14.9 Å². The summed E-state index contributed by atoms with van der Waals surface area (Å²) in [7, 11) is 0. The third kappa shape index (κ3) is 2.52. The smallest absolute Gasteiger partial charge is 0.166 e. The van der Waals surface area contributed by atoms with Crippen molar-refractivity contribution in [2.75, 3.05) is 13.1 Å². The van der Waals surface area contributed by atoms with Crippen molar-refractivity contribution in [2.24, 2.45) is 5.92 Å². The molecule has 1 spiro atoms. The number of likely N-dealkylation sites (tertiary alicyclic amines) is 1. The molecule has 0 unspecified atom stereocenters. The lowest BCUT2D eigenvalue weighted by molar-refractivity contribution is -0.173. The fraction of sp³-hybridized carbons (Fsp3) is 0.364. The Bertz CT molecular complexity index is 1650. The zero-order valence-corrected chi connectivity index (χ0v) is 21.2. The summed E-state index contributed by atoms with van der Waals surface area (Å²) in [5, 5.41) is 25.3. The Labute approximate surface area is 221 Å². The van der Waals surface area contributed by atoms with Gasteiger partial charge in [0.05, 0.1) is 22.2 Å². The van der Waals surface area contributed by atoms with Crippen molar-refractivity contribution in [2.45, 2.75) is 55.3 Å². The molecule has 3 aliphatic carbocycles. The number of fused-ring (bicyclic) bond motifs is 3. The molecular weight excluding hydrogens is 472 g/mol. The van der Waals surface area contributed by atoms with Gasteiger partial charge in [0.1, 0.15) is 0 Å². The summed E-state index contributed by atoms with van der Waals surface area (Å²) < 4.78 is 6.78. The number of rotatable bonds is 3. The molecule has 9 rings (SSSR count). The second kappa shape index (κ2) is 7.16. The normalized spacial score (nSPS) is 30.6. The first kappa shape index (κ1) is 21.5. The topological polar surface area (TPSA) is 65.8 Å². The molecule has 1 saturated heterocycles. The fourth-order valence-electron chi connectivity index (χ4n) is 8.52. The lowest BCUT2D eigenvalue weighted by Gasteiger charge is -2.63. The molecule has 1 aromatic heterocycles. The molecule has 0 amide bonds. The number of nitrogens with zero attached hydrogens (tertiary/aromatic N) is 2. The van der Waals surface area contributed by atoms with Crippen molar-refractivity contribution in [3.8, 4) is 22.6 Å². The summed E-state index contributed by atoms with van der Waals surface area (Å²) in [5.41, 5.74) is 5.85. The summed E-state index contributed by atoms with van der Waals surface area (Å²) in [6.07, 6.45) is 4.27. The van der Waals surface area contributed by atoms with Gasteiger partial charge in [-0.2, -0.15) is 0 Å². The Balaban J connectivity index is 1.36. The summed E-state index contributed by atoms with van der Waals surface area (Å²) >= 11 is 0. The van der Waals surface area contributed by atoms with Gasteiger partial charge in [0, 0.05) is 30.0 Å². The molecule has 5 heteroatoms. The van der Waals surface area contributed by atoms with E-state index in [1.165, 1.54) is 18.4 Å². The summed E-state index contributed by atoms with van der Waals surface area (Å²) in [6, 6.07) is 22.7. The second-order valence-electron chi connectivity index (χ2n) is 12.2. The molecule has 2 aliphatic heterocycles. The minimum atomic E-state index is -1.02. The lowest BCUT2D eigenvalue weighted by Crippen LogP contribution is -2.74. The van der Waals surface area contributed by atoms with Gasteiger partial charge >= 0.3 is 0 Å². The Morgan fingerprint density at radius 1 is 1.00 bits per heavy atom. The van der Waals surface area contributed by atoms with Gasteiger partial charge in [-0.1, -0.05) is 54.6 Å². The number of piperidine rings is 1. The number of hydrogen-bond acceptors (Lipinski definition) is 5. The Morgan fingerprint density at radius 3 is 2.66 bits per heavy atom. The Hall–Kier alpha value is -3.41. The predicted molar refractivity (Wildman–Crippen MR) is 145 cm³/mol. The van der Waals surface area contributed by atoms with E-state index in [2.05, 4.69) is 53.4 Å². The van der Waals surface area contributed by atoms with Crippen LogP contribution in [0.3, 0.4) is 0 Å². The molecule has 1 saturated carbocycles. The van der Waals surface area contributed by atoms with Crippen LogP contribution in [-0.2, 0) is 18.3 Å². The molecule has 4 aromatic rings. The predicted octanol–water partition coefficient (Wildman–Crippen LogP) is 5.31. The van der Waals surface area contributed by atoms with Crippen LogP contribution in [0.1, 0.15) is 47.8 Å². The van der Waals surface area contributed by atoms with Crippen LogP contribution in [0.5, 0.6) is 11.5 Å². The van der Waals surface area contributed by atoms with E-state index in [9.17, 15) is 10.2 Å². The number of phenols is 1. The highest BCUT2D eigenvalue weighted by Crippen LogP contribution is 2.69. The molecule has 2 N–H and O–H groups in total. The first-order chi connectivity index (χ1) is 18.6. The Morgan fingerprint density at radius 2 is 1.82 bits per heavy atom. The van der Waals surface area contributed by atoms with Crippen LogP contribution in [0.4, 0.5) is 0 Å². The van der Waals surface area contributed by atoms with E-state index in [0.29, 0.717) is 12.2 Å². The van der Waals surface area contributed by atoms with E-state index >= 15 is 0 Å². The highest BCUT2D eigenvalue weighted by molar-refractivity contribution is 5.97. The molecule has 3 aromatic carbocycles. The van der Waals surface area contributed by atoms with E-state index in [-0.39, 0.29) is 11.8 Å². The van der Waals surface area contributed by atoms with Crippen molar-refractivity contribution in [3.63, 3.8) is 0 Å². The van der Waals surface area contributed by atoms with Crippen LogP contribution in [-0.4, -0.2) is 44.8 Å². The van der Waals surface area contributed by atoms with Crippen molar-refractivity contribution in [1.82, 2.24) is 9.88 Å². The van der Waals surface area contributed by atoms with E-state index in [0.717, 1.165) is 70.7 Å². The monoisotopic (exact) mass is 502 g/mol. The van der Waals surface area contributed by atoms with Gasteiger partial charge in [-0.15, -0.1) is 0 Å². The Kier molecular flexibility index (Phi) is 4.05. The number of aromatic nitrogens is 1. The largest absolute Gasteiger partial charge is 0.504 e. The first-order valence-corrected chi connectivity index (χ1v) is 14.0. The highest BCUT2D eigenvalue weighted by Gasteiger charge is 2.73. The van der Waals surface area contributed by atoms with Crippen LogP contribution >= 0.6 is 0 Å². The zero-order chi connectivity index (χ0) is 25.2. The van der Waals surface area contributed by atoms with E-state index in [1.807, 2.05) is 12.1 Å². The van der Waals surface area contributed by atoms with Crippen molar-refractivity contribution in [3.05, 3.63) is 89.1 Å². The fourth-order valence-corrected chi connectivity index (χ4v) is 8.52. The molecular formula is C33H30N2O3. The summed E-state index contributed by atoms with van der Waals surface area (Å²) in [6.45, 7) is 2.00. The summed E-state index contributed by atoms with van der Waals surface area (Å²) in [5.74, 6) is 1.48. The maximum atomic E-state index is 13.2. The van der Waals surface area contributed by atoms with Gasteiger partial charge in [0.2, 0.25) is 0 Å². The van der Waals surface area contributed by atoms with E-state index < -0.39 is 17.1 Å². The number of aliphatic hydroxyl groups is 1. The third-order valence-electron chi connectivity index (χ3n) is 10.3. The van der Waals surface area contributed by atoms with E-state index in [1.54, 1.807) is 6.07 Å². The van der Waals surface area contributed by atoms with Gasteiger partial charge in [-0.05, 0) is 72.5 Å². The number of benzene rings is 3. The SMILES string of the molecule is Oc1ccc2c3c1O[C@H]1c4nc5ccccc5c(-c5ccccc5)c4C[C@@]4(O)[C@H](C2)N(CC2CC2)CC[C@]314. The molecule has 38 heavy (non-hydrogen) atoms. The molecule has 3 heterocycles. The minimum Gasteiger partial charge on any atom is -0.504 e. The molecule has 190 valence electrons. The minimum absolute atomic E-state index is 0.00851. The van der Waals surface area contributed by atoms with Crippen LogP contribution in [0, 0.1) is 5.92 Å². The molecule has 5 aliphatic rings. The van der Waals surface area contributed by atoms with E-state index in [4.69, 9.17) is 9.72 Å². The van der Waals surface area contributed by atoms with Crippen LogP contribution in [0.25, 0.3) is 22.0 Å². The molecule has 2 fully saturated rings.